The van der Waals surface area contributed by atoms with E-state index in [-0.39, 0.29) is 17.8 Å². The van der Waals surface area contributed by atoms with Crippen molar-refractivity contribution in [2.45, 2.75) is 43.7 Å². The zero-order valence-corrected chi connectivity index (χ0v) is 24.7. The van der Waals surface area contributed by atoms with Crippen molar-refractivity contribution in [2.24, 2.45) is 0 Å². The predicted molar refractivity (Wildman–Crippen MR) is 160 cm³/mol. The number of aryl methyl sites for hydroxylation is 2. The van der Waals surface area contributed by atoms with E-state index in [2.05, 4.69) is 66.1 Å². The molecule has 2 aliphatic rings. The van der Waals surface area contributed by atoms with E-state index >= 15 is 0 Å². The molecule has 1 heterocycles. The van der Waals surface area contributed by atoms with Crippen LogP contribution in [0.5, 0.6) is 0 Å². The first-order chi connectivity index (χ1) is 20.0. The first kappa shape index (κ1) is 31.3. The Hall–Kier alpha value is -2.62. The highest BCUT2D eigenvalue weighted by Gasteiger charge is 2.41. The van der Waals surface area contributed by atoms with Gasteiger partial charge in [0.2, 0.25) is 5.91 Å². The second-order valence-corrected chi connectivity index (χ2v) is 11.1. The fourth-order valence-corrected chi connectivity index (χ4v) is 6.11. The fraction of sp³-hybridized carbons (Fsp3) is 0.545. The van der Waals surface area contributed by atoms with Crippen molar-refractivity contribution in [1.29, 1.82) is 0 Å². The number of amides is 1. The van der Waals surface area contributed by atoms with Gasteiger partial charge in [-0.2, -0.15) is 0 Å². The predicted octanol–water partition coefficient (Wildman–Crippen LogP) is 4.13. The molecule has 1 fully saturated rings. The molecule has 1 amide bonds. The average Bonchev–Trinajstić information content (AvgIpc) is 3.61. The maximum absolute atomic E-state index is 14.8. The second-order valence-electron chi connectivity index (χ2n) is 11.1. The largest absolute Gasteiger partial charge is 0.379 e. The summed E-state index contributed by atoms with van der Waals surface area (Å²) in [7, 11) is 4.32. The number of carbonyl (C=O) groups excluding carboxylic acids is 1. The molecule has 4 rings (SSSR count). The number of ether oxygens (including phenoxy) is 3. The Morgan fingerprint density at radius 1 is 1.05 bits per heavy atom. The Morgan fingerprint density at radius 2 is 1.78 bits per heavy atom. The molecule has 2 aromatic rings. The maximum atomic E-state index is 14.8. The van der Waals surface area contributed by atoms with Crippen molar-refractivity contribution in [3.63, 3.8) is 0 Å². The quantitative estimate of drug-likeness (QED) is 0.229. The first-order valence-corrected chi connectivity index (χ1v) is 14.9. The third kappa shape index (κ3) is 8.93. The Morgan fingerprint density at radius 3 is 2.54 bits per heavy atom. The van der Waals surface area contributed by atoms with E-state index in [0.29, 0.717) is 58.1 Å². The molecule has 1 aliphatic carbocycles. The van der Waals surface area contributed by atoms with Crippen LogP contribution in [0.4, 0.5) is 4.39 Å². The van der Waals surface area contributed by atoms with Crippen LogP contribution in [0.3, 0.4) is 0 Å². The van der Waals surface area contributed by atoms with Gasteiger partial charge in [0.1, 0.15) is 5.82 Å². The summed E-state index contributed by atoms with van der Waals surface area (Å²) in [5, 5.41) is 2.66. The van der Waals surface area contributed by atoms with Gasteiger partial charge in [-0.3, -0.25) is 9.69 Å². The summed E-state index contributed by atoms with van der Waals surface area (Å²) in [5.74, 6) is 0.143. The van der Waals surface area contributed by atoms with Crippen molar-refractivity contribution < 1.29 is 23.4 Å². The molecule has 3 atom stereocenters. The summed E-state index contributed by atoms with van der Waals surface area (Å²) < 4.78 is 31.5. The zero-order chi connectivity index (χ0) is 29.0. The SMILES string of the molecule is C=CC(=O)NCCOCCOCCOCCCc1cccc([C@H]2CN([C@H]3CCc4cccc(F)c43)C[C@@H]2N(C)C)c1. The third-order valence-electron chi connectivity index (χ3n) is 8.19. The molecule has 8 heteroatoms. The average molecular weight is 568 g/mol. The number of halogens is 1. The number of nitrogens with one attached hydrogen (secondary N) is 1. The van der Waals surface area contributed by atoms with Gasteiger partial charge in [0.25, 0.3) is 0 Å². The Labute approximate surface area is 244 Å². The van der Waals surface area contributed by atoms with Gasteiger partial charge < -0.3 is 24.4 Å². The van der Waals surface area contributed by atoms with Gasteiger partial charge in [0.15, 0.2) is 0 Å². The van der Waals surface area contributed by atoms with Crippen LogP contribution >= 0.6 is 0 Å². The lowest BCUT2D eigenvalue weighted by Gasteiger charge is -2.26. The van der Waals surface area contributed by atoms with Gasteiger partial charge in [0.05, 0.1) is 33.0 Å². The van der Waals surface area contributed by atoms with E-state index in [4.69, 9.17) is 14.2 Å². The highest BCUT2D eigenvalue weighted by Crippen LogP contribution is 2.42. The number of likely N-dealkylation sites (tertiary alicyclic amines) is 1. The molecule has 2 aromatic carbocycles. The zero-order valence-electron chi connectivity index (χ0n) is 24.7. The molecule has 0 unspecified atom stereocenters. The minimum atomic E-state index is -0.196. The number of hydrogen-bond donors (Lipinski definition) is 1. The van der Waals surface area contributed by atoms with Crippen LogP contribution in [0.1, 0.15) is 47.1 Å². The molecule has 0 aromatic heterocycles. The summed E-state index contributed by atoms with van der Waals surface area (Å²) in [6, 6.07) is 15.1. The van der Waals surface area contributed by atoms with E-state index in [1.165, 1.54) is 22.8 Å². The van der Waals surface area contributed by atoms with Crippen LogP contribution in [0.25, 0.3) is 0 Å². The summed E-state index contributed by atoms with van der Waals surface area (Å²) in [5.41, 5.74) is 4.80. The Kier molecular flexibility index (Phi) is 12.3. The standard InChI is InChI=1S/C33H46FN3O4/c1-4-32(38)35-15-17-40-19-21-41-20-18-39-16-7-9-25-8-5-11-27(22-25)28-23-37(24-31(28)36(2)3)30-14-13-26-10-6-12-29(34)33(26)30/h4-6,8,10-12,22,28,30-31H,1,7,9,13-21,23-24H2,2-3H3,(H,35,38)/t28-,30+,31+/m1/s1. The lowest BCUT2D eigenvalue weighted by atomic mass is 9.91. The molecule has 7 nitrogen and oxygen atoms in total. The minimum Gasteiger partial charge on any atom is -0.379 e. The molecule has 1 N–H and O–H groups in total. The summed E-state index contributed by atoms with van der Waals surface area (Å²) in [4.78, 5) is 15.9. The van der Waals surface area contributed by atoms with E-state index < -0.39 is 0 Å². The number of carbonyl (C=O) groups is 1. The lowest BCUT2D eigenvalue weighted by Crippen LogP contribution is -2.35. The molecular formula is C33H46FN3O4. The molecule has 0 bridgehead atoms. The van der Waals surface area contributed by atoms with Crippen molar-refractivity contribution >= 4 is 5.91 Å². The topological polar surface area (TPSA) is 63.3 Å². The number of nitrogens with zero attached hydrogens (tertiary/aromatic N) is 2. The number of likely N-dealkylation sites (N-methyl/N-ethyl adjacent to an activating group) is 1. The summed E-state index contributed by atoms with van der Waals surface area (Å²) in [6.07, 6.45) is 5.12. The molecular weight excluding hydrogens is 521 g/mol. The van der Waals surface area contributed by atoms with Gasteiger partial charge in [-0.05, 0) is 68.6 Å². The number of fused-ring (bicyclic) bond motifs is 1. The highest BCUT2D eigenvalue weighted by atomic mass is 19.1. The molecule has 0 saturated carbocycles. The van der Waals surface area contributed by atoms with Crippen LogP contribution in [-0.4, -0.2) is 95.1 Å². The van der Waals surface area contributed by atoms with Gasteiger partial charge in [-0.25, -0.2) is 4.39 Å². The molecule has 1 aliphatic heterocycles. The monoisotopic (exact) mass is 567 g/mol. The molecule has 0 radical (unpaired) electrons. The lowest BCUT2D eigenvalue weighted by molar-refractivity contribution is -0.116. The second kappa shape index (κ2) is 16.1. The number of benzene rings is 2. The van der Waals surface area contributed by atoms with Gasteiger partial charge >= 0.3 is 0 Å². The van der Waals surface area contributed by atoms with E-state index in [0.717, 1.165) is 44.3 Å². The third-order valence-corrected chi connectivity index (χ3v) is 8.19. The van der Waals surface area contributed by atoms with Crippen molar-refractivity contribution in [3.05, 3.63) is 83.2 Å². The smallest absolute Gasteiger partial charge is 0.243 e. The van der Waals surface area contributed by atoms with Crippen molar-refractivity contribution in [3.8, 4) is 0 Å². The molecule has 224 valence electrons. The maximum Gasteiger partial charge on any atom is 0.243 e. The van der Waals surface area contributed by atoms with Crippen LogP contribution in [0, 0.1) is 5.82 Å². The van der Waals surface area contributed by atoms with Gasteiger partial charge in [-0.1, -0.05) is 43.0 Å². The van der Waals surface area contributed by atoms with Crippen LogP contribution < -0.4 is 5.32 Å². The number of hydrogen-bond acceptors (Lipinski definition) is 6. The summed E-state index contributed by atoms with van der Waals surface area (Å²) in [6.45, 7) is 8.98. The first-order valence-electron chi connectivity index (χ1n) is 14.9. The van der Waals surface area contributed by atoms with E-state index in [1.54, 1.807) is 6.07 Å². The van der Waals surface area contributed by atoms with Gasteiger partial charge in [0, 0.05) is 49.8 Å². The minimum absolute atomic E-state index is 0.0532. The molecule has 0 spiro atoms. The highest BCUT2D eigenvalue weighted by molar-refractivity contribution is 5.86. The van der Waals surface area contributed by atoms with E-state index in [1.807, 2.05) is 6.07 Å². The van der Waals surface area contributed by atoms with Crippen molar-refractivity contribution in [1.82, 2.24) is 15.1 Å². The Balaban J connectivity index is 1.16. The van der Waals surface area contributed by atoms with E-state index in [9.17, 15) is 9.18 Å². The summed E-state index contributed by atoms with van der Waals surface area (Å²) >= 11 is 0. The van der Waals surface area contributed by atoms with Gasteiger partial charge in [-0.15, -0.1) is 0 Å². The van der Waals surface area contributed by atoms with Crippen LogP contribution in [0.15, 0.2) is 55.1 Å². The Bertz CT molecular complexity index is 1130. The molecule has 1 saturated heterocycles. The normalized spacial score (nSPS) is 20.4. The number of rotatable bonds is 17. The van der Waals surface area contributed by atoms with Crippen molar-refractivity contribution in [2.75, 3.05) is 73.4 Å². The van der Waals surface area contributed by atoms with Crippen LogP contribution in [-0.2, 0) is 31.8 Å². The molecule has 41 heavy (non-hydrogen) atoms. The fourth-order valence-electron chi connectivity index (χ4n) is 6.11. The van der Waals surface area contributed by atoms with Crippen LogP contribution in [0.2, 0.25) is 0 Å².